The molecule has 1 aliphatic carbocycles. The standard InChI is InChI=1S/C18H22N2O4/c1-2-15(21)12-7-8-16-14(9-12)20(18(23)11-24-16)10-17(22)19-13-5-3-4-6-13/h7-9,13H,2-6,10-11H2,1H3,(H,19,22). The lowest BCUT2D eigenvalue weighted by molar-refractivity contribution is -0.125. The van der Waals surface area contributed by atoms with Crippen molar-refractivity contribution in [1.29, 1.82) is 0 Å². The number of hydrogen-bond donors (Lipinski definition) is 1. The molecule has 128 valence electrons. The molecule has 24 heavy (non-hydrogen) atoms. The van der Waals surface area contributed by atoms with Gasteiger partial charge in [0, 0.05) is 18.0 Å². The molecular formula is C18H22N2O4. The molecule has 3 rings (SSSR count). The molecular weight excluding hydrogens is 308 g/mol. The van der Waals surface area contributed by atoms with Crippen LogP contribution in [0.5, 0.6) is 5.75 Å². The SMILES string of the molecule is CCC(=O)c1ccc2c(c1)N(CC(=O)NC1CCCC1)C(=O)CO2. The highest BCUT2D eigenvalue weighted by Crippen LogP contribution is 2.33. The van der Waals surface area contributed by atoms with Crippen molar-refractivity contribution in [2.24, 2.45) is 0 Å². The topological polar surface area (TPSA) is 75.7 Å². The van der Waals surface area contributed by atoms with E-state index in [0.29, 0.717) is 23.4 Å². The average Bonchev–Trinajstić information content (AvgIpc) is 3.09. The number of anilines is 1. The number of carbonyl (C=O) groups excluding carboxylic acids is 3. The third-order valence-electron chi connectivity index (χ3n) is 4.57. The highest BCUT2D eigenvalue weighted by atomic mass is 16.5. The minimum absolute atomic E-state index is 0.00817. The Morgan fingerprint density at radius 3 is 2.75 bits per heavy atom. The molecule has 1 N–H and O–H groups in total. The predicted molar refractivity (Wildman–Crippen MR) is 89.3 cm³/mol. The Balaban J connectivity index is 1.78. The van der Waals surface area contributed by atoms with Crippen LogP contribution in [-0.2, 0) is 9.59 Å². The Morgan fingerprint density at radius 1 is 1.29 bits per heavy atom. The number of ether oxygens (including phenoxy) is 1. The molecule has 0 spiro atoms. The Bertz CT molecular complexity index is 665. The molecule has 6 heteroatoms. The summed E-state index contributed by atoms with van der Waals surface area (Å²) in [7, 11) is 0. The summed E-state index contributed by atoms with van der Waals surface area (Å²) in [5.41, 5.74) is 1.02. The van der Waals surface area contributed by atoms with Crippen molar-refractivity contribution in [3.8, 4) is 5.75 Å². The molecule has 0 unspecified atom stereocenters. The summed E-state index contributed by atoms with van der Waals surface area (Å²) in [6.45, 7) is 1.65. The van der Waals surface area contributed by atoms with Crippen LogP contribution in [0, 0.1) is 0 Å². The van der Waals surface area contributed by atoms with Crippen LogP contribution in [0.3, 0.4) is 0 Å². The summed E-state index contributed by atoms with van der Waals surface area (Å²) < 4.78 is 5.42. The molecule has 1 fully saturated rings. The van der Waals surface area contributed by atoms with Gasteiger partial charge in [-0.1, -0.05) is 19.8 Å². The monoisotopic (exact) mass is 330 g/mol. The average molecular weight is 330 g/mol. The van der Waals surface area contributed by atoms with Gasteiger partial charge in [0.2, 0.25) is 5.91 Å². The maximum Gasteiger partial charge on any atom is 0.265 e. The van der Waals surface area contributed by atoms with Crippen LogP contribution in [-0.4, -0.2) is 36.8 Å². The Labute approximate surface area is 141 Å². The number of fused-ring (bicyclic) bond motifs is 1. The molecule has 1 aromatic rings. The number of ketones is 1. The van der Waals surface area contributed by atoms with Crippen molar-refractivity contribution < 1.29 is 19.1 Å². The number of rotatable bonds is 5. The van der Waals surface area contributed by atoms with E-state index in [-0.39, 0.29) is 36.8 Å². The molecule has 1 saturated carbocycles. The van der Waals surface area contributed by atoms with Gasteiger partial charge in [0.15, 0.2) is 12.4 Å². The third-order valence-corrected chi connectivity index (χ3v) is 4.57. The van der Waals surface area contributed by atoms with E-state index in [1.165, 1.54) is 4.90 Å². The van der Waals surface area contributed by atoms with Crippen molar-refractivity contribution in [1.82, 2.24) is 5.32 Å². The zero-order valence-electron chi connectivity index (χ0n) is 13.8. The lowest BCUT2D eigenvalue weighted by Gasteiger charge is -2.29. The second kappa shape index (κ2) is 7.03. The van der Waals surface area contributed by atoms with Crippen molar-refractivity contribution >= 4 is 23.3 Å². The quantitative estimate of drug-likeness (QED) is 0.839. The third kappa shape index (κ3) is 3.42. The normalized spacial score (nSPS) is 17.4. The first kappa shape index (κ1) is 16.5. The molecule has 1 aliphatic heterocycles. The van der Waals surface area contributed by atoms with E-state index < -0.39 is 0 Å². The first-order valence-electron chi connectivity index (χ1n) is 8.48. The fourth-order valence-corrected chi connectivity index (χ4v) is 3.24. The molecule has 1 aromatic carbocycles. The van der Waals surface area contributed by atoms with E-state index in [4.69, 9.17) is 4.74 Å². The van der Waals surface area contributed by atoms with Gasteiger partial charge in [0.1, 0.15) is 12.3 Å². The second-order valence-corrected chi connectivity index (χ2v) is 6.28. The van der Waals surface area contributed by atoms with Gasteiger partial charge in [0.05, 0.1) is 5.69 Å². The zero-order valence-corrected chi connectivity index (χ0v) is 13.8. The van der Waals surface area contributed by atoms with E-state index >= 15 is 0 Å². The lowest BCUT2D eigenvalue weighted by atomic mass is 10.1. The molecule has 0 atom stereocenters. The first-order chi connectivity index (χ1) is 11.6. The number of amides is 2. The number of benzene rings is 1. The molecule has 0 radical (unpaired) electrons. The summed E-state index contributed by atoms with van der Waals surface area (Å²) in [6.07, 6.45) is 4.64. The number of Topliss-reactive ketones (excluding diaryl/α,β-unsaturated/α-hetero) is 1. The van der Waals surface area contributed by atoms with Crippen LogP contribution < -0.4 is 15.0 Å². The van der Waals surface area contributed by atoms with E-state index in [2.05, 4.69) is 5.32 Å². The number of nitrogens with zero attached hydrogens (tertiary/aromatic N) is 1. The minimum Gasteiger partial charge on any atom is -0.482 e. The van der Waals surface area contributed by atoms with E-state index in [1.54, 1.807) is 25.1 Å². The van der Waals surface area contributed by atoms with Crippen LogP contribution in [0.4, 0.5) is 5.69 Å². The zero-order chi connectivity index (χ0) is 17.1. The highest BCUT2D eigenvalue weighted by Gasteiger charge is 2.29. The van der Waals surface area contributed by atoms with Crippen LogP contribution in [0.15, 0.2) is 18.2 Å². The summed E-state index contributed by atoms with van der Waals surface area (Å²) in [4.78, 5) is 37.8. The van der Waals surface area contributed by atoms with Crippen LogP contribution in [0.2, 0.25) is 0 Å². The van der Waals surface area contributed by atoms with Gasteiger partial charge in [-0.2, -0.15) is 0 Å². The minimum atomic E-state index is -0.273. The molecule has 1 heterocycles. The number of nitrogens with one attached hydrogen (secondary N) is 1. The summed E-state index contributed by atoms with van der Waals surface area (Å²) in [5, 5.41) is 2.99. The lowest BCUT2D eigenvalue weighted by Crippen LogP contribution is -2.47. The van der Waals surface area contributed by atoms with Crippen LogP contribution >= 0.6 is 0 Å². The van der Waals surface area contributed by atoms with Crippen LogP contribution in [0.25, 0.3) is 0 Å². The van der Waals surface area contributed by atoms with Gasteiger partial charge in [0.25, 0.3) is 5.91 Å². The summed E-state index contributed by atoms with van der Waals surface area (Å²) in [6, 6.07) is 5.23. The summed E-state index contributed by atoms with van der Waals surface area (Å²) >= 11 is 0. The Morgan fingerprint density at radius 2 is 2.04 bits per heavy atom. The Kier molecular flexibility index (Phi) is 4.83. The number of carbonyl (C=O) groups is 3. The second-order valence-electron chi connectivity index (χ2n) is 6.28. The van der Waals surface area contributed by atoms with Gasteiger partial charge >= 0.3 is 0 Å². The molecule has 0 aromatic heterocycles. The first-order valence-corrected chi connectivity index (χ1v) is 8.48. The molecule has 6 nitrogen and oxygen atoms in total. The van der Waals surface area contributed by atoms with Crippen molar-refractivity contribution in [2.45, 2.75) is 45.1 Å². The van der Waals surface area contributed by atoms with Gasteiger partial charge in [-0.15, -0.1) is 0 Å². The van der Waals surface area contributed by atoms with Gasteiger partial charge < -0.3 is 10.1 Å². The summed E-state index contributed by atoms with van der Waals surface area (Å²) in [5.74, 6) is 0.0718. The largest absolute Gasteiger partial charge is 0.482 e. The predicted octanol–water partition coefficient (Wildman–Crippen LogP) is 2.06. The maximum atomic E-state index is 12.3. The smallest absolute Gasteiger partial charge is 0.265 e. The molecule has 2 aliphatic rings. The van der Waals surface area contributed by atoms with Crippen molar-refractivity contribution in [3.05, 3.63) is 23.8 Å². The van der Waals surface area contributed by atoms with Gasteiger partial charge in [-0.25, -0.2) is 0 Å². The van der Waals surface area contributed by atoms with Gasteiger partial charge in [-0.3, -0.25) is 19.3 Å². The van der Waals surface area contributed by atoms with Gasteiger partial charge in [-0.05, 0) is 31.0 Å². The van der Waals surface area contributed by atoms with E-state index in [1.807, 2.05) is 0 Å². The molecule has 0 saturated heterocycles. The van der Waals surface area contributed by atoms with Crippen molar-refractivity contribution in [3.63, 3.8) is 0 Å². The van der Waals surface area contributed by atoms with Crippen molar-refractivity contribution in [2.75, 3.05) is 18.1 Å². The number of hydrogen-bond acceptors (Lipinski definition) is 4. The van der Waals surface area contributed by atoms with E-state index in [9.17, 15) is 14.4 Å². The maximum absolute atomic E-state index is 12.3. The van der Waals surface area contributed by atoms with Crippen LogP contribution in [0.1, 0.15) is 49.4 Å². The Hall–Kier alpha value is -2.37. The molecule has 2 amide bonds. The fourth-order valence-electron chi connectivity index (χ4n) is 3.24. The van der Waals surface area contributed by atoms with E-state index in [0.717, 1.165) is 25.7 Å². The fraction of sp³-hybridized carbons (Fsp3) is 0.500. The molecule has 0 bridgehead atoms. The highest BCUT2D eigenvalue weighted by molar-refractivity contribution is 6.04.